The van der Waals surface area contributed by atoms with Gasteiger partial charge in [0.1, 0.15) is 0 Å². The molecule has 3 fully saturated rings. The summed E-state index contributed by atoms with van der Waals surface area (Å²) >= 11 is 0. The Kier molecular flexibility index (Phi) is 6.46. The Labute approximate surface area is 167 Å². The van der Waals surface area contributed by atoms with Crippen molar-refractivity contribution in [3.8, 4) is 0 Å². The largest absolute Gasteiger partial charge is 0.349 e. The summed E-state index contributed by atoms with van der Waals surface area (Å²) < 4.78 is 27.6. The van der Waals surface area contributed by atoms with E-state index in [1.165, 1.54) is 4.31 Å². The molecule has 1 amide bonds. The zero-order valence-corrected chi connectivity index (χ0v) is 17.0. The molecule has 3 saturated heterocycles. The van der Waals surface area contributed by atoms with Crippen LogP contribution < -0.4 is 10.6 Å². The van der Waals surface area contributed by atoms with Crippen LogP contribution in [0.4, 0.5) is 0 Å². The molecule has 0 aromatic heterocycles. The number of nitrogens with one attached hydrogen (secondary N) is 2. The second kappa shape index (κ2) is 8.47. The fourth-order valence-electron chi connectivity index (χ4n) is 4.56. The van der Waals surface area contributed by atoms with E-state index in [1.807, 2.05) is 0 Å². The summed E-state index contributed by atoms with van der Waals surface area (Å²) in [6.07, 6.45) is 6.99. The van der Waals surface area contributed by atoms with Gasteiger partial charge in [-0.05, 0) is 50.7 Å². The summed E-state index contributed by atoms with van der Waals surface area (Å²) in [5.41, 5.74) is 0.268. The zero-order valence-electron chi connectivity index (χ0n) is 15.4. The Bertz CT molecular complexity index is 768. The van der Waals surface area contributed by atoms with Gasteiger partial charge in [0.2, 0.25) is 10.0 Å². The minimum Gasteiger partial charge on any atom is -0.349 e. The highest BCUT2D eigenvalue weighted by atomic mass is 35.5. The van der Waals surface area contributed by atoms with Crippen molar-refractivity contribution >= 4 is 28.3 Å². The third-order valence-corrected chi connectivity index (χ3v) is 7.83. The topological polar surface area (TPSA) is 78.5 Å². The van der Waals surface area contributed by atoms with E-state index in [9.17, 15) is 13.2 Å². The van der Waals surface area contributed by atoms with Crippen molar-refractivity contribution in [1.82, 2.24) is 14.9 Å². The molecule has 0 aliphatic carbocycles. The number of hydrogen-bond acceptors (Lipinski definition) is 4. The van der Waals surface area contributed by atoms with Crippen molar-refractivity contribution < 1.29 is 13.2 Å². The van der Waals surface area contributed by atoms with Crippen molar-refractivity contribution in [2.24, 2.45) is 0 Å². The molecular weight excluding hydrogens is 386 g/mol. The third kappa shape index (κ3) is 4.31. The average molecular weight is 414 g/mol. The van der Waals surface area contributed by atoms with Crippen LogP contribution in [0.1, 0.15) is 55.3 Å². The van der Waals surface area contributed by atoms with Gasteiger partial charge >= 0.3 is 0 Å². The van der Waals surface area contributed by atoms with Gasteiger partial charge in [0.05, 0.1) is 10.5 Å². The molecule has 2 atom stereocenters. The van der Waals surface area contributed by atoms with Gasteiger partial charge in [-0.1, -0.05) is 18.6 Å². The lowest BCUT2D eigenvalue weighted by atomic mass is 9.99. The maximum Gasteiger partial charge on any atom is 0.252 e. The molecule has 2 bridgehead atoms. The molecule has 0 radical (unpaired) electrons. The predicted molar refractivity (Wildman–Crippen MR) is 107 cm³/mol. The van der Waals surface area contributed by atoms with Gasteiger partial charge in [-0.3, -0.25) is 4.79 Å². The first-order valence-electron chi connectivity index (χ1n) is 9.70. The molecule has 0 saturated carbocycles. The third-order valence-electron chi connectivity index (χ3n) is 5.87. The molecule has 3 aliphatic heterocycles. The van der Waals surface area contributed by atoms with Crippen molar-refractivity contribution in [3.63, 3.8) is 0 Å². The number of carbonyl (C=O) groups is 1. The Balaban J connectivity index is 0.00000210. The molecule has 1 aromatic rings. The van der Waals surface area contributed by atoms with E-state index >= 15 is 0 Å². The molecule has 1 aromatic carbocycles. The molecular formula is C19H28ClN3O3S. The van der Waals surface area contributed by atoms with Gasteiger partial charge in [0.15, 0.2) is 0 Å². The molecule has 0 spiro atoms. The minimum atomic E-state index is -3.63. The first-order valence-corrected chi connectivity index (χ1v) is 11.1. The van der Waals surface area contributed by atoms with Gasteiger partial charge in [0, 0.05) is 31.2 Å². The van der Waals surface area contributed by atoms with Crippen LogP contribution in [-0.2, 0) is 10.0 Å². The molecule has 150 valence electrons. The van der Waals surface area contributed by atoms with Gasteiger partial charge in [-0.25, -0.2) is 8.42 Å². The Morgan fingerprint density at radius 2 is 1.67 bits per heavy atom. The summed E-state index contributed by atoms with van der Waals surface area (Å²) in [5.74, 6) is -0.271. The van der Waals surface area contributed by atoms with Gasteiger partial charge in [0.25, 0.3) is 5.91 Å². The van der Waals surface area contributed by atoms with Crippen LogP contribution in [0, 0.1) is 0 Å². The maximum absolute atomic E-state index is 13.1. The van der Waals surface area contributed by atoms with Gasteiger partial charge in [-0.15, -0.1) is 12.4 Å². The van der Waals surface area contributed by atoms with Crippen LogP contribution in [-0.4, -0.2) is 49.8 Å². The van der Waals surface area contributed by atoms with Crippen LogP contribution in [0.5, 0.6) is 0 Å². The lowest BCUT2D eigenvalue weighted by Gasteiger charge is -2.30. The summed E-state index contributed by atoms with van der Waals surface area (Å²) in [4.78, 5) is 13.0. The number of sulfonamides is 1. The highest BCUT2D eigenvalue weighted by molar-refractivity contribution is 7.89. The SMILES string of the molecule is Cl.O=C(NC1CC2CCC(C1)N2)c1ccccc1S(=O)(=O)N1CCCCC1. The first-order chi connectivity index (χ1) is 12.5. The minimum absolute atomic E-state index is 0. The van der Waals surface area contributed by atoms with Gasteiger partial charge < -0.3 is 10.6 Å². The van der Waals surface area contributed by atoms with E-state index in [2.05, 4.69) is 10.6 Å². The van der Waals surface area contributed by atoms with E-state index in [0.29, 0.717) is 25.2 Å². The summed E-state index contributed by atoms with van der Waals surface area (Å²) in [6.45, 7) is 1.08. The van der Waals surface area contributed by atoms with Crippen LogP contribution >= 0.6 is 12.4 Å². The second-order valence-corrected chi connectivity index (χ2v) is 9.65. The number of hydrogen-bond donors (Lipinski definition) is 2. The van der Waals surface area contributed by atoms with Crippen molar-refractivity contribution in [3.05, 3.63) is 29.8 Å². The van der Waals surface area contributed by atoms with Gasteiger partial charge in [-0.2, -0.15) is 4.31 Å². The van der Waals surface area contributed by atoms with Crippen LogP contribution in [0.25, 0.3) is 0 Å². The monoisotopic (exact) mass is 413 g/mol. The molecule has 4 rings (SSSR count). The Morgan fingerprint density at radius 1 is 1.04 bits per heavy atom. The second-order valence-electron chi connectivity index (χ2n) is 7.74. The van der Waals surface area contributed by atoms with Crippen LogP contribution in [0.2, 0.25) is 0 Å². The quantitative estimate of drug-likeness (QED) is 0.793. The normalized spacial score (nSPS) is 28.4. The number of piperidine rings is 2. The highest BCUT2D eigenvalue weighted by Crippen LogP contribution is 2.28. The van der Waals surface area contributed by atoms with Crippen molar-refractivity contribution in [2.45, 2.75) is 68.0 Å². The predicted octanol–water partition coefficient (Wildman–Crippen LogP) is 2.30. The zero-order chi connectivity index (χ0) is 18.1. The van der Waals surface area contributed by atoms with Crippen LogP contribution in [0.15, 0.2) is 29.2 Å². The van der Waals surface area contributed by atoms with E-state index in [-0.39, 0.29) is 34.8 Å². The molecule has 27 heavy (non-hydrogen) atoms. The lowest BCUT2D eigenvalue weighted by Crippen LogP contribution is -2.48. The molecule has 6 nitrogen and oxygen atoms in total. The summed E-state index contributed by atoms with van der Waals surface area (Å²) in [7, 11) is -3.63. The van der Waals surface area contributed by atoms with E-state index in [0.717, 1.165) is 44.9 Å². The van der Waals surface area contributed by atoms with E-state index in [1.54, 1.807) is 24.3 Å². The van der Waals surface area contributed by atoms with E-state index in [4.69, 9.17) is 0 Å². The number of halogens is 1. The average Bonchev–Trinajstić information content (AvgIpc) is 3.00. The Morgan fingerprint density at radius 3 is 2.33 bits per heavy atom. The Hall–Kier alpha value is -1.15. The van der Waals surface area contributed by atoms with Crippen LogP contribution in [0.3, 0.4) is 0 Å². The summed E-state index contributed by atoms with van der Waals surface area (Å²) in [5, 5.41) is 6.65. The van der Waals surface area contributed by atoms with Crippen molar-refractivity contribution in [2.75, 3.05) is 13.1 Å². The lowest BCUT2D eigenvalue weighted by molar-refractivity contribution is 0.0920. The highest BCUT2D eigenvalue weighted by Gasteiger charge is 2.35. The fourth-order valence-corrected chi connectivity index (χ4v) is 6.27. The standard InChI is InChI=1S/C19H27N3O3S.ClH/c23-19(21-16-12-14-8-9-15(13-16)20-14)17-6-2-3-7-18(17)26(24,25)22-10-4-1-5-11-22;/h2-3,6-7,14-16,20H,1,4-5,8-13H2,(H,21,23);1H. The number of rotatable bonds is 4. The number of amides is 1. The number of benzene rings is 1. The maximum atomic E-state index is 13.1. The molecule has 2 N–H and O–H groups in total. The van der Waals surface area contributed by atoms with Crippen molar-refractivity contribution in [1.29, 1.82) is 0 Å². The molecule has 3 aliphatic rings. The number of fused-ring (bicyclic) bond motifs is 2. The molecule has 8 heteroatoms. The fraction of sp³-hybridized carbons (Fsp3) is 0.632. The summed E-state index contributed by atoms with van der Waals surface area (Å²) in [6, 6.07) is 7.69. The number of nitrogens with zero attached hydrogens (tertiary/aromatic N) is 1. The first kappa shape index (κ1) is 20.6. The smallest absolute Gasteiger partial charge is 0.252 e. The number of carbonyl (C=O) groups excluding carboxylic acids is 1. The van der Waals surface area contributed by atoms with E-state index < -0.39 is 10.0 Å². The molecule has 2 unspecified atom stereocenters. The molecule has 3 heterocycles.